The summed E-state index contributed by atoms with van der Waals surface area (Å²) in [6.07, 6.45) is 2.46. The van der Waals surface area contributed by atoms with Crippen LogP contribution in [0.2, 0.25) is 0 Å². The summed E-state index contributed by atoms with van der Waals surface area (Å²) in [4.78, 5) is 8.58. The molecule has 1 aromatic rings. The predicted octanol–water partition coefficient (Wildman–Crippen LogP) is 2.44. The maximum absolute atomic E-state index is 5.49. The van der Waals surface area contributed by atoms with Crippen LogP contribution in [0.15, 0.2) is 6.07 Å². The van der Waals surface area contributed by atoms with Crippen LogP contribution in [0.5, 0.6) is 0 Å². The Bertz CT molecular complexity index is 355. The fourth-order valence-electron chi connectivity index (χ4n) is 1.53. The van der Waals surface area contributed by atoms with E-state index in [1.807, 2.05) is 20.0 Å². The highest BCUT2D eigenvalue weighted by Crippen LogP contribution is 2.09. The largest absolute Gasteiger partial charge is 0.379 e. The number of aromatic nitrogens is 2. The van der Waals surface area contributed by atoms with E-state index in [0.29, 0.717) is 12.1 Å². The van der Waals surface area contributed by atoms with Gasteiger partial charge in [0, 0.05) is 32.0 Å². The summed E-state index contributed by atoms with van der Waals surface area (Å²) >= 11 is 0. The van der Waals surface area contributed by atoms with Crippen molar-refractivity contribution in [1.82, 2.24) is 9.97 Å². The van der Waals surface area contributed by atoms with Crippen LogP contribution >= 0.6 is 0 Å². The predicted molar refractivity (Wildman–Crippen MR) is 75.1 cm³/mol. The molecule has 1 rings (SSSR count). The monoisotopic (exact) mass is 252 g/mol. The highest BCUT2D eigenvalue weighted by Gasteiger charge is 2.00. The molecule has 0 atom stereocenters. The van der Waals surface area contributed by atoms with E-state index in [9.17, 15) is 0 Å². The van der Waals surface area contributed by atoms with Crippen LogP contribution in [0.25, 0.3) is 0 Å². The standard InChI is InChI=1S/C13H24N4O/c1-10(2)18-8-6-5-7-15-12-9-11(3)16-13(14-4)17-12/h9-10H,5-8H2,1-4H3,(H2,14,15,16,17). The molecule has 0 amide bonds. The third-order valence-electron chi connectivity index (χ3n) is 2.41. The van der Waals surface area contributed by atoms with E-state index in [2.05, 4.69) is 34.4 Å². The van der Waals surface area contributed by atoms with Crippen molar-refractivity contribution in [3.8, 4) is 0 Å². The van der Waals surface area contributed by atoms with Gasteiger partial charge in [-0.3, -0.25) is 0 Å². The Morgan fingerprint density at radius 2 is 2.06 bits per heavy atom. The highest BCUT2D eigenvalue weighted by atomic mass is 16.5. The number of hydrogen-bond donors (Lipinski definition) is 2. The summed E-state index contributed by atoms with van der Waals surface area (Å²) in [5.41, 5.74) is 0.958. The van der Waals surface area contributed by atoms with Crippen molar-refractivity contribution in [1.29, 1.82) is 0 Å². The van der Waals surface area contributed by atoms with Gasteiger partial charge in [-0.2, -0.15) is 4.98 Å². The van der Waals surface area contributed by atoms with Crippen LogP contribution in [0, 0.1) is 6.92 Å². The molecule has 2 N–H and O–H groups in total. The van der Waals surface area contributed by atoms with E-state index in [0.717, 1.165) is 37.5 Å². The zero-order valence-electron chi connectivity index (χ0n) is 11.8. The van der Waals surface area contributed by atoms with Crippen LogP contribution < -0.4 is 10.6 Å². The van der Waals surface area contributed by atoms with Gasteiger partial charge in [0.05, 0.1) is 6.10 Å². The first-order chi connectivity index (χ1) is 8.61. The molecule has 0 aliphatic rings. The molecular weight excluding hydrogens is 228 g/mol. The molecule has 0 aliphatic heterocycles. The van der Waals surface area contributed by atoms with Crippen molar-refractivity contribution < 1.29 is 4.74 Å². The van der Waals surface area contributed by atoms with E-state index in [4.69, 9.17) is 4.74 Å². The lowest BCUT2D eigenvalue weighted by Gasteiger charge is -2.09. The van der Waals surface area contributed by atoms with Crippen molar-refractivity contribution in [3.05, 3.63) is 11.8 Å². The lowest BCUT2D eigenvalue weighted by Crippen LogP contribution is -2.09. The van der Waals surface area contributed by atoms with Crippen LogP contribution in [0.1, 0.15) is 32.4 Å². The second-order valence-corrected chi connectivity index (χ2v) is 4.52. The molecule has 5 nitrogen and oxygen atoms in total. The minimum absolute atomic E-state index is 0.320. The molecule has 0 unspecified atom stereocenters. The quantitative estimate of drug-likeness (QED) is 0.696. The summed E-state index contributed by atoms with van der Waals surface area (Å²) in [7, 11) is 1.82. The third-order valence-corrected chi connectivity index (χ3v) is 2.41. The zero-order chi connectivity index (χ0) is 13.4. The number of anilines is 2. The lowest BCUT2D eigenvalue weighted by molar-refractivity contribution is 0.0765. The Morgan fingerprint density at radius 1 is 1.28 bits per heavy atom. The van der Waals surface area contributed by atoms with Gasteiger partial charge in [0.1, 0.15) is 5.82 Å². The van der Waals surface area contributed by atoms with Gasteiger partial charge in [0.25, 0.3) is 0 Å². The van der Waals surface area contributed by atoms with Crippen molar-refractivity contribution >= 4 is 11.8 Å². The minimum atomic E-state index is 0.320. The fraction of sp³-hybridized carbons (Fsp3) is 0.692. The SMILES string of the molecule is CNc1nc(C)cc(NCCCCOC(C)C)n1. The molecule has 0 saturated heterocycles. The number of aryl methyl sites for hydroxylation is 1. The maximum atomic E-state index is 5.49. The third kappa shape index (κ3) is 5.82. The molecule has 0 fully saturated rings. The van der Waals surface area contributed by atoms with Crippen LogP contribution in [-0.2, 0) is 4.74 Å². The molecule has 0 aromatic carbocycles. The molecule has 5 heteroatoms. The van der Waals surface area contributed by atoms with Gasteiger partial charge in [-0.1, -0.05) is 0 Å². The Balaban J connectivity index is 2.24. The average Bonchev–Trinajstić information content (AvgIpc) is 2.32. The molecule has 0 aliphatic carbocycles. The Hall–Kier alpha value is -1.36. The zero-order valence-corrected chi connectivity index (χ0v) is 11.8. The topological polar surface area (TPSA) is 59.1 Å². The second-order valence-electron chi connectivity index (χ2n) is 4.52. The van der Waals surface area contributed by atoms with Gasteiger partial charge in [-0.05, 0) is 33.6 Å². The molecule has 1 heterocycles. The van der Waals surface area contributed by atoms with E-state index in [-0.39, 0.29) is 0 Å². The summed E-state index contributed by atoms with van der Waals surface area (Å²) in [5.74, 6) is 1.53. The van der Waals surface area contributed by atoms with Gasteiger partial charge in [0.2, 0.25) is 5.95 Å². The van der Waals surface area contributed by atoms with Crippen molar-refractivity contribution in [2.24, 2.45) is 0 Å². The average molecular weight is 252 g/mol. The highest BCUT2D eigenvalue weighted by molar-refractivity contribution is 5.41. The second kappa shape index (κ2) is 7.87. The first-order valence-corrected chi connectivity index (χ1v) is 6.50. The van der Waals surface area contributed by atoms with Gasteiger partial charge < -0.3 is 15.4 Å². The van der Waals surface area contributed by atoms with E-state index in [1.54, 1.807) is 0 Å². The van der Waals surface area contributed by atoms with Gasteiger partial charge in [-0.25, -0.2) is 4.98 Å². The Morgan fingerprint density at radius 3 is 2.72 bits per heavy atom. The van der Waals surface area contributed by atoms with E-state index in [1.165, 1.54) is 0 Å². The number of nitrogens with zero attached hydrogens (tertiary/aromatic N) is 2. The summed E-state index contributed by atoms with van der Waals surface area (Å²) in [5, 5.41) is 6.25. The molecule has 0 radical (unpaired) electrons. The lowest BCUT2D eigenvalue weighted by atomic mass is 10.3. The number of ether oxygens (including phenoxy) is 1. The normalized spacial score (nSPS) is 10.7. The minimum Gasteiger partial charge on any atom is -0.379 e. The van der Waals surface area contributed by atoms with Crippen LogP contribution in [0.3, 0.4) is 0 Å². The first-order valence-electron chi connectivity index (χ1n) is 6.50. The first kappa shape index (κ1) is 14.7. The maximum Gasteiger partial charge on any atom is 0.224 e. The Labute approximate surface area is 109 Å². The number of unbranched alkanes of at least 4 members (excludes halogenated alkanes) is 1. The molecule has 0 bridgehead atoms. The fourth-order valence-corrected chi connectivity index (χ4v) is 1.53. The van der Waals surface area contributed by atoms with E-state index < -0.39 is 0 Å². The van der Waals surface area contributed by atoms with Crippen LogP contribution in [0.4, 0.5) is 11.8 Å². The van der Waals surface area contributed by atoms with Gasteiger partial charge in [-0.15, -0.1) is 0 Å². The van der Waals surface area contributed by atoms with Gasteiger partial charge in [0.15, 0.2) is 0 Å². The summed E-state index contributed by atoms with van der Waals surface area (Å²) < 4.78 is 5.49. The van der Waals surface area contributed by atoms with Crippen molar-refractivity contribution in [3.63, 3.8) is 0 Å². The summed E-state index contributed by atoms with van der Waals surface area (Å²) in [6, 6.07) is 1.95. The molecule has 1 aromatic heterocycles. The number of rotatable bonds is 8. The van der Waals surface area contributed by atoms with Crippen molar-refractivity contribution in [2.75, 3.05) is 30.8 Å². The molecule has 18 heavy (non-hydrogen) atoms. The van der Waals surface area contributed by atoms with Crippen molar-refractivity contribution in [2.45, 2.75) is 39.7 Å². The molecule has 0 saturated carbocycles. The number of nitrogens with one attached hydrogen (secondary N) is 2. The van der Waals surface area contributed by atoms with Gasteiger partial charge >= 0.3 is 0 Å². The Kier molecular flexibility index (Phi) is 6.43. The van der Waals surface area contributed by atoms with Crippen LogP contribution in [-0.4, -0.2) is 36.3 Å². The molecule has 102 valence electrons. The molecule has 0 spiro atoms. The molecular formula is C13H24N4O. The number of hydrogen-bond acceptors (Lipinski definition) is 5. The summed E-state index contributed by atoms with van der Waals surface area (Å²) in [6.45, 7) is 7.80. The van der Waals surface area contributed by atoms with E-state index >= 15 is 0 Å². The smallest absolute Gasteiger partial charge is 0.224 e.